The Morgan fingerprint density at radius 3 is 2.50 bits per heavy atom. The molecule has 7 nitrogen and oxygen atoms in total. The van der Waals surface area contributed by atoms with Gasteiger partial charge in [0, 0.05) is 32.6 Å². The molecule has 1 fully saturated rings. The highest BCUT2D eigenvalue weighted by atomic mass is 32.1. The number of fused-ring (bicyclic) bond motifs is 1. The number of hydrogen-bond donors (Lipinski definition) is 1. The van der Waals surface area contributed by atoms with E-state index in [4.69, 9.17) is 5.11 Å². The minimum absolute atomic E-state index is 0.130. The van der Waals surface area contributed by atoms with Gasteiger partial charge < -0.3 is 14.9 Å². The lowest BCUT2D eigenvalue weighted by molar-refractivity contribution is -0.131. The summed E-state index contributed by atoms with van der Waals surface area (Å²) in [5, 5.41) is 11.0. The highest BCUT2D eigenvalue weighted by molar-refractivity contribution is 7.17. The fourth-order valence-corrected chi connectivity index (χ4v) is 4.25. The second kappa shape index (κ2) is 7.93. The average molecular weight is 396 g/mol. The van der Waals surface area contributed by atoms with E-state index in [9.17, 15) is 9.59 Å². The molecule has 1 aromatic carbocycles. The van der Waals surface area contributed by atoms with E-state index in [0.29, 0.717) is 25.9 Å². The zero-order valence-corrected chi connectivity index (χ0v) is 16.1. The Morgan fingerprint density at radius 1 is 1.04 bits per heavy atom. The number of anilines is 1. The largest absolute Gasteiger partial charge is 0.478 e. The van der Waals surface area contributed by atoms with Crippen LogP contribution in [0.3, 0.4) is 0 Å². The molecule has 2 aromatic heterocycles. The van der Waals surface area contributed by atoms with Crippen LogP contribution in [0.5, 0.6) is 0 Å². The number of aryl methyl sites for hydroxylation is 1. The Balaban J connectivity index is 1.31. The topological polar surface area (TPSA) is 86.6 Å². The molecule has 28 heavy (non-hydrogen) atoms. The molecule has 0 aliphatic carbocycles. The molecule has 0 atom stereocenters. The van der Waals surface area contributed by atoms with Gasteiger partial charge in [-0.25, -0.2) is 14.8 Å². The van der Waals surface area contributed by atoms with Gasteiger partial charge >= 0.3 is 5.97 Å². The standard InChI is InChI=1S/C20H20N4O3S/c25-17(6-3-14-1-4-15(5-2-14)20(26)27)23-8-10-24(11-9-23)19-18-16(7-12-28-18)21-13-22-19/h1-2,4-5,7,12-13H,3,6,8-11H2,(H,26,27). The third kappa shape index (κ3) is 3.82. The van der Waals surface area contributed by atoms with Crippen molar-refractivity contribution in [2.24, 2.45) is 0 Å². The van der Waals surface area contributed by atoms with Crippen LogP contribution >= 0.6 is 11.3 Å². The summed E-state index contributed by atoms with van der Waals surface area (Å²) < 4.78 is 1.09. The number of aromatic nitrogens is 2. The van der Waals surface area contributed by atoms with Crippen molar-refractivity contribution in [3.8, 4) is 0 Å². The van der Waals surface area contributed by atoms with Gasteiger partial charge in [-0.15, -0.1) is 11.3 Å². The van der Waals surface area contributed by atoms with Crippen molar-refractivity contribution in [1.29, 1.82) is 0 Å². The van der Waals surface area contributed by atoms with E-state index in [1.807, 2.05) is 16.3 Å². The second-order valence-electron chi connectivity index (χ2n) is 6.70. The van der Waals surface area contributed by atoms with Crippen LogP contribution in [-0.4, -0.2) is 58.0 Å². The van der Waals surface area contributed by atoms with Gasteiger partial charge in [0.25, 0.3) is 0 Å². The van der Waals surface area contributed by atoms with Crippen LogP contribution in [0.1, 0.15) is 22.3 Å². The van der Waals surface area contributed by atoms with Gasteiger partial charge in [-0.2, -0.15) is 0 Å². The Labute approximate surface area is 166 Å². The molecule has 1 amide bonds. The van der Waals surface area contributed by atoms with Gasteiger partial charge in [0.1, 0.15) is 12.1 Å². The molecular weight excluding hydrogens is 376 g/mol. The van der Waals surface area contributed by atoms with E-state index < -0.39 is 5.97 Å². The van der Waals surface area contributed by atoms with Crippen LogP contribution in [0.25, 0.3) is 10.2 Å². The summed E-state index contributed by atoms with van der Waals surface area (Å²) in [5.41, 5.74) is 2.19. The molecule has 3 aromatic rings. The summed E-state index contributed by atoms with van der Waals surface area (Å²) in [6.45, 7) is 2.85. The molecule has 8 heteroatoms. The van der Waals surface area contributed by atoms with E-state index in [-0.39, 0.29) is 11.5 Å². The normalized spacial score (nSPS) is 14.4. The zero-order chi connectivity index (χ0) is 19.5. The SMILES string of the molecule is O=C(O)c1ccc(CCC(=O)N2CCN(c3ncnc4ccsc34)CC2)cc1. The molecule has 144 valence electrons. The third-order valence-corrected chi connectivity index (χ3v) is 5.88. The number of rotatable bonds is 5. The maximum Gasteiger partial charge on any atom is 0.335 e. The van der Waals surface area contributed by atoms with Crippen molar-refractivity contribution in [1.82, 2.24) is 14.9 Å². The smallest absolute Gasteiger partial charge is 0.335 e. The molecule has 0 bridgehead atoms. The summed E-state index contributed by atoms with van der Waals surface area (Å²) in [6, 6.07) is 8.70. The van der Waals surface area contributed by atoms with Gasteiger partial charge in [-0.1, -0.05) is 12.1 Å². The Morgan fingerprint density at radius 2 is 1.79 bits per heavy atom. The highest BCUT2D eigenvalue weighted by Crippen LogP contribution is 2.28. The minimum Gasteiger partial charge on any atom is -0.478 e. The van der Waals surface area contributed by atoms with Gasteiger partial charge in [-0.05, 0) is 35.6 Å². The maximum atomic E-state index is 12.6. The van der Waals surface area contributed by atoms with Crippen LogP contribution in [0, 0.1) is 0 Å². The lowest BCUT2D eigenvalue weighted by atomic mass is 10.1. The fraction of sp³-hybridized carbons (Fsp3) is 0.300. The molecule has 1 N–H and O–H groups in total. The molecular formula is C20H20N4O3S. The molecule has 1 aliphatic heterocycles. The molecule has 4 rings (SSSR count). The number of piperazine rings is 1. The van der Waals surface area contributed by atoms with E-state index in [0.717, 1.165) is 34.7 Å². The van der Waals surface area contributed by atoms with Gasteiger partial charge in [0.05, 0.1) is 15.8 Å². The number of amides is 1. The average Bonchev–Trinajstić information content (AvgIpc) is 3.21. The summed E-state index contributed by atoms with van der Waals surface area (Å²) >= 11 is 1.64. The molecule has 0 unspecified atom stereocenters. The first kappa shape index (κ1) is 18.4. The van der Waals surface area contributed by atoms with Crippen LogP contribution in [0.15, 0.2) is 42.0 Å². The first-order chi connectivity index (χ1) is 13.6. The fourth-order valence-electron chi connectivity index (χ4n) is 3.39. The molecule has 0 spiro atoms. The molecule has 1 aliphatic rings. The van der Waals surface area contributed by atoms with Crippen molar-refractivity contribution < 1.29 is 14.7 Å². The number of hydrogen-bond acceptors (Lipinski definition) is 6. The van der Waals surface area contributed by atoms with Gasteiger partial charge in [-0.3, -0.25) is 4.79 Å². The van der Waals surface area contributed by atoms with Crippen molar-refractivity contribution in [2.45, 2.75) is 12.8 Å². The lowest BCUT2D eigenvalue weighted by Gasteiger charge is -2.35. The monoisotopic (exact) mass is 396 g/mol. The Kier molecular flexibility index (Phi) is 5.21. The number of carboxylic acids is 1. The number of carboxylic acid groups (broad SMARTS) is 1. The van der Waals surface area contributed by atoms with Crippen LogP contribution in [-0.2, 0) is 11.2 Å². The van der Waals surface area contributed by atoms with E-state index in [1.54, 1.807) is 41.9 Å². The lowest BCUT2D eigenvalue weighted by Crippen LogP contribution is -2.49. The number of nitrogens with zero attached hydrogens (tertiary/aromatic N) is 4. The van der Waals surface area contributed by atoms with E-state index in [1.165, 1.54) is 0 Å². The predicted octanol–water partition coefficient (Wildman–Crippen LogP) is 2.67. The summed E-state index contributed by atoms with van der Waals surface area (Å²) in [5.74, 6) is 0.139. The van der Waals surface area contributed by atoms with Crippen molar-refractivity contribution in [3.63, 3.8) is 0 Å². The quantitative estimate of drug-likeness (QED) is 0.714. The Hall–Kier alpha value is -3.00. The highest BCUT2D eigenvalue weighted by Gasteiger charge is 2.23. The molecule has 0 saturated carbocycles. The number of aromatic carboxylic acids is 1. The van der Waals surface area contributed by atoms with Crippen molar-refractivity contribution in [2.75, 3.05) is 31.1 Å². The number of carbonyl (C=O) groups is 2. The summed E-state index contributed by atoms with van der Waals surface area (Å²) in [4.78, 5) is 36.3. The second-order valence-corrected chi connectivity index (χ2v) is 7.62. The zero-order valence-electron chi connectivity index (χ0n) is 15.2. The van der Waals surface area contributed by atoms with Crippen molar-refractivity contribution >= 4 is 39.2 Å². The number of thiophene rings is 1. The molecule has 0 radical (unpaired) electrons. The van der Waals surface area contributed by atoms with Crippen LogP contribution < -0.4 is 4.90 Å². The Bertz CT molecular complexity index is 994. The van der Waals surface area contributed by atoms with E-state index in [2.05, 4.69) is 14.9 Å². The maximum absolute atomic E-state index is 12.6. The van der Waals surface area contributed by atoms with E-state index >= 15 is 0 Å². The first-order valence-electron chi connectivity index (χ1n) is 9.15. The van der Waals surface area contributed by atoms with Crippen LogP contribution in [0.4, 0.5) is 5.82 Å². The predicted molar refractivity (Wildman–Crippen MR) is 108 cm³/mol. The first-order valence-corrected chi connectivity index (χ1v) is 10.0. The molecule has 1 saturated heterocycles. The number of carbonyl (C=O) groups excluding carboxylic acids is 1. The minimum atomic E-state index is -0.941. The van der Waals surface area contributed by atoms with Gasteiger partial charge in [0.15, 0.2) is 0 Å². The third-order valence-electron chi connectivity index (χ3n) is 4.98. The molecule has 3 heterocycles. The van der Waals surface area contributed by atoms with Crippen molar-refractivity contribution in [3.05, 3.63) is 53.2 Å². The summed E-state index contributed by atoms with van der Waals surface area (Å²) in [6.07, 6.45) is 2.63. The van der Waals surface area contributed by atoms with Gasteiger partial charge in [0.2, 0.25) is 5.91 Å². The summed E-state index contributed by atoms with van der Waals surface area (Å²) in [7, 11) is 0. The number of benzene rings is 1. The van der Waals surface area contributed by atoms with Crippen LogP contribution in [0.2, 0.25) is 0 Å².